The number of Topliss-reactive ketones (excluding diaryl/α,β-unsaturated/α-hetero) is 2. The summed E-state index contributed by atoms with van der Waals surface area (Å²) in [4.78, 5) is 25.9. The molecule has 3 N–H and O–H groups in total. The lowest BCUT2D eigenvalue weighted by Gasteiger charge is -2.28. The molecule has 2 aromatic rings. The van der Waals surface area contributed by atoms with E-state index < -0.39 is 42.1 Å². The maximum Gasteiger partial charge on any atom is 0.198 e. The van der Waals surface area contributed by atoms with Crippen molar-refractivity contribution < 1.29 is 29.6 Å². The van der Waals surface area contributed by atoms with Crippen LogP contribution in [0, 0.1) is 13.8 Å². The van der Waals surface area contributed by atoms with Crippen molar-refractivity contribution in [1.29, 1.82) is 0 Å². The van der Waals surface area contributed by atoms with Crippen molar-refractivity contribution >= 4 is 11.6 Å². The lowest BCUT2D eigenvalue weighted by atomic mass is 9.81. The monoisotopic (exact) mass is 370 g/mol. The van der Waals surface area contributed by atoms with Gasteiger partial charge in [-0.2, -0.15) is 0 Å². The number of aryl methyl sites for hydroxylation is 2. The highest BCUT2D eigenvalue weighted by Crippen LogP contribution is 2.36. The van der Waals surface area contributed by atoms with E-state index in [2.05, 4.69) is 0 Å². The first-order valence-corrected chi connectivity index (χ1v) is 8.69. The van der Waals surface area contributed by atoms with Crippen LogP contribution in [-0.4, -0.2) is 44.9 Å². The zero-order valence-electron chi connectivity index (χ0n) is 15.1. The number of aliphatic hydroxyl groups excluding tert-OH is 2. The van der Waals surface area contributed by atoms with Crippen LogP contribution in [0.15, 0.2) is 48.5 Å². The van der Waals surface area contributed by atoms with Crippen LogP contribution in [0.25, 0.3) is 0 Å². The second kappa shape index (κ2) is 7.32. The molecule has 6 nitrogen and oxygen atoms in total. The zero-order valence-corrected chi connectivity index (χ0v) is 15.1. The topological polar surface area (TPSA) is 104 Å². The number of aliphatic hydroxyl groups is 3. The van der Waals surface area contributed by atoms with E-state index in [4.69, 9.17) is 4.74 Å². The molecule has 0 radical (unpaired) electrons. The van der Waals surface area contributed by atoms with Gasteiger partial charge in [0.15, 0.2) is 29.6 Å². The van der Waals surface area contributed by atoms with Crippen molar-refractivity contribution in [2.24, 2.45) is 0 Å². The van der Waals surface area contributed by atoms with Crippen molar-refractivity contribution in [3.05, 3.63) is 70.8 Å². The average molecular weight is 370 g/mol. The van der Waals surface area contributed by atoms with Crippen molar-refractivity contribution in [2.45, 2.75) is 44.4 Å². The highest BCUT2D eigenvalue weighted by atomic mass is 16.6. The van der Waals surface area contributed by atoms with Gasteiger partial charge >= 0.3 is 0 Å². The van der Waals surface area contributed by atoms with Gasteiger partial charge in [0.2, 0.25) is 0 Å². The summed E-state index contributed by atoms with van der Waals surface area (Å²) in [5.41, 5.74) is -0.348. The fourth-order valence-corrected chi connectivity index (χ4v) is 3.46. The van der Waals surface area contributed by atoms with Crippen LogP contribution in [0.2, 0.25) is 0 Å². The van der Waals surface area contributed by atoms with E-state index in [0.29, 0.717) is 16.7 Å². The molecule has 1 aliphatic heterocycles. The summed E-state index contributed by atoms with van der Waals surface area (Å²) in [7, 11) is 0. The molecule has 27 heavy (non-hydrogen) atoms. The maximum absolute atomic E-state index is 13.0. The molecule has 142 valence electrons. The van der Waals surface area contributed by atoms with E-state index in [1.54, 1.807) is 62.4 Å². The number of hydrogen-bond donors (Lipinski definition) is 3. The summed E-state index contributed by atoms with van der Waals surface area (Å²) >= 11 is 0. The lowest BCUT2D eigenvalue weighted by molar-refractivity contribution is -0.155. The fourth-order valence-electron chi connectivity index (χ4n) is 3.46. The van der Waals surface area contributed by atoms with E-state index in [1.807, 2.05) is 0 Å². The molecule has 0 spiro atoms. The number of carbonyl (C=O) groups excluding carboxylic acids is 2. The van der Waals surface area contributed by atoms with Gasteiger partial charge in [-0.1, -0.05) is 48.5 Å². The Labute approximate surface area is 157 Å². The highest BCUT2D eigenvalue weighted by molar-refractivity contribution is 6.08. The third kappa shape index (κ3) is 3.44. The van der Waals surface area contributed by atoms with Crippen LogP contribution in [0.3, 0.4) is 0 Å². The predicted molar refractivity (Wildman–Crippen MR) is 97.1 cm³/mol. The van der Waals surface area contributed by atoms with E-state index in [9.17, 15) is 24.9 Å². The van der Waals surface area contributed by atoms with Crippen molar-refractivity contribution in [3.63, 3.8) is 0 Å². The first-order chi connectivity index (χ1) is 12.8. The molecule has 2 aromatic carbocycles. The van der Waals surface area contributed by atoms with Gasteiger partial charge in [0.1, 0.15) is 6.10 Å². The third-order valence-corrected chi connectivity index (χ3v) is 5.01. The largest absolute Gasteiger partial charge is 0.380 e. The van der Waals surface area contributed by atoms with E-state index >= 15 is 0 Å². The van der Waals surface area contributed by atoms with E-state index in [1.165, 1.54) is 0 Å². The number of ketones is 2. The zero-order chi connectivity index (χ0) is 19.8. The molecule has 1 heterocycles. The van der Waals surface area contributed by atoms with Gasteiger partial charge in [-0.3, -0.25) is 9.59 Å². The molecule has 0 amide bonds. The standard InChI is InChI=1S/C21H22O6/c1-12-7-3-5-9-14(12)17(23)18(24)20-21(26,11-16(22)27-20)19(25)15-10-6-4-8-13(15)2/h3-10,16-17,20,22-23,26H,11H2,1-2H3/t16?,17?,20-,21-/m0/s1. The van der Waals surface area contributed by atoms with Gasteiger partial charge in [0.05, 0.1) is 0 Å². The first kappa shape index (κ1) is 19.4. The quantitative estimate of drug-likeness (QED) is 0.691. The molecule has 4 atom stereocenters. The van der Waals surface area contributed by atoms with Crippen molar-refractivity contribution in [1.82, 2.24) is 0 Å². The summed E-state index contributed by atoms with van der Waals surface area (Å²) in [6, 6.07) is 13.4. The summed E-state index contributed by atoms with van der Waals surface area (Å²) in [5, 5.41) is 31.4. The minimum absolute atomic E-state index is 0.237. The minimum atomic E-state index is -2.26. The van der Waals surface area contributed by atoms with Gasteiger partial charge in [0, 0.05) is 12.0 Å². The summed E-state index contributed by atoms with van der Waals surface area (Å²) in [5.74, 6) is -1.59. The Morgan fingerprint density at radius 2 is 1.67 bits per heavy atom. The molecule has 6 heteroatoms. The Bertz CT molecular complexity index is 876. The molecule has 0 bridgehead atoms. The smallest absolute Gasteiger partial charge is 0.198 e. The minimum Gasteiger partial charge on any atom is -0.380 e. The summed E-state index contributed by atoms with van der Waals surface area (Å²) < 4.78 is 5.18. The number of rotatable bonds is 5. The van der Waals surface area contributed by atoms with Crippen LogP contribution in [-0.2, 0) is 9.53 Å². The van der Waals surface area contributed by atoms with Crippen molar-refractivity contribution in [2.75, 3.05) is 0 Å². The molecular weight excluding hydrogens is 348 g/mol. The third-order valence-electron chi connectivity index (χ3n) is 5.01. The molecular formula is C21H22O6. The van der Waals surface area contributed by atoms with E-state index in [0.717, 1.165) is 0 Å². The second-order valence-electron chi connectivity index (χ2n) is 6.90. The Morgan fingerprint density at radius 3 is 2.30 bits per heavy atom. The predicted octanol–water partition coefficient (Wildman–Crippen LogP) is 1.63. The van der Waals surface area contributed by atoms with Gasteiger partial charge < -0.3 is 20.1 Å². The summed E-state index contributed by atoms with van der Waals surface area (Å²) in [6.07, 6.45) is -5.19. The van der Waals surface area contributed by atoms with Gasteiger partial charge in [-0.05, 0) is 30.5 Å². The van der Waals surface area contributed by atoms with Gasteiger partial charge in [0.25, 0.3) is 0 Å². The van der Waals surface area contributed by atoms with Crippen molar-refractivity contribution in [3.8, 4) is 0 Å². The molecule has 0 aromatic heterocycles. The van der Waals surface area contributed by atoms with E-state index in [-0.39, 0.29) is 5.56 Å². The first-order valence-electron chi connectivity index (χ1n) is 8.69. The molecule has 1 fully saturated rings. The SMILES string of the molecule is Cc1ccccc1C(=O)[C@@]1(O)CC(O)O[C@H]1C(=O)C(O)c1ccccc1C. The second-order valence-corrected chi connectivity index (χ2v) is 6.90. The number of hydrogen-bond acceptors (Lipinski definition) is 6. The fraction of sp³-hybridized carbons (Fsp3) is 0.333. The normalized spacial score (nSPS) is 26.0. The van der Waals surface area contributed by atoms with Crippen LogP contribution in [0.1, 0.15) is 39.6 Å². The summed E-state index contributed by atoms with van der Waals surface area (Å²) in [6.45, 7) is 3.45. The Hall–Kier alpha value is -2.38. The molecule has 1 aliphatic rings. The molecule has 3 rings (SSSR count). The Kier molecular flexibility index (Phi) is 5.26. The lowest BCUT2D eigenvalue weighted by Crippen LogP contribution is -2.51. The Balaban J connectivity index is 1.96. The maximum atomic E-state index is 13.0. The van der Waals surface area contributed by atoms with Gasteiger partial charge in [-0.25, -0.2) is 0 Å². The number of carbonyl (C=O) groups is 2. The average Bonchev–Trinajstić information content (AvgIpc) is 2.96. The van der Waals surface area contributed by atoms with Crippen LogP contribution < -0.4 is 0 Å². The number of benzene rings is 2. The molecule has 1 saturated heterocycles. The van der Waals surface area contributed by atoms with Crippen LogP contribution in [0.4, 0.5) is 0 Å². The molecule has 0 aliphatic carbocycles. The molecule has 0 saturated carbocycles. The van der Waals surface area contributed by atoms with Gasteiger partial charge in [-0.15, -0.1) is 0 Å². The number of ether oxygens (including phenoxy) is 1. The Morgan fingerprint density at radius 1 is 1.07 bits per heavy atom. The van der Waals surface area contributed by atoms with Crippen LogP contribution in [0.5, 0.6) is 0 Å². The highest BCUT2D eigenvalue weighted by Gasteiger charge is 2.57. The van der Waals surface area contributed by atoms with Crippen LogP contribution >= 0.6 is 0 Å². The molecule has 2 unspecified atom stereocenters.